The van der Waals surface area contributed by atoms with E-state index >= 15 is 0 Å². The van der Waals surface area contributed by atoms with Crippen molar-refractivity contribution in [3.63, 3.8) is 0 Å². The minimum atomic E-state index is 0.307. The van der Waals surface area contributed by atoms with Gasteiger partial charge in [-0.2, -0.15) is 0 Å². The van der Waals surface area contributed by atoms with Crippen molar-refractivity contribution >= 4 is 26.3 Å². The zero-order valence-electron chi connectivity index (χ0n) is 5.42. The van der Waals surface area contributed by atoms with E-state index in [2.05, 4.69) is 9.97 Å². The van der Waals surface area contributed by atoms with Gasteiger partial charge in [0.25, 0.3) is 0 Å². The first kappa shape index (κ1) is 7.78. The summed E-state index contributed by atoms with van der Waals surface area (Å²) < 4.78 is 0.307. The van der Waals surface area contributed by atoms with Crippen molar-refractivity contribution in [2.75, 3.05) is 0 Å². The van der Waals surface area contributed by atoms with Crippen LogP contribution < -0.4 is 0 Å². The van der Waals surface area contributed by atoms with Gasteiger partial charge in [0.1, 0.15) is 0 Å². The van der Waals surface area contributed by atoms with Crippen LogP contribution in [0.3, 0.4) is 0 Å². The first-order chi connectivity index (χ1) is 4.79. The van der Waals surface area contributed by atoms with Gasteiger partial charge in [-0.3, -0.25) is 0 Å². The monoisotopic (exact) mass is 243 g/mol. The Bertz CT molecular complexity index is 208. The number of aromatic nitrogens is 2. The van der Waals surface area contributed by atoms with E-state index in [0.717, 1.165) is 34.6 Å². The van der Waals surface area contributed by atoms with E-state index in [1.165, 1.54) is 0 Å². The standard InChI is InChI=1S/C6H7N2O.Sn/c9-3-1-2-6-4-7-5-8-6;/h4-5H,1-2H2,(H,7,8);. The van der Waals surface area contributed by atoms with Crippen LogP contribution in [0.5, 0.6) is 0 Å². The van der Waals surface area contributed by atoms with Crippen molar-refractivity contribution in [3.8, 4) is 0 Å². The van der Waals surface area contributed by atoms with Crippen molar-refractivity contribution in [2.45, 2.75) is 12.8 Å². The topological polar surface area (TPSA) is 45.8 Å². The number of carbonyl (C=O) groups is 1. The maximum absolute atomic E-state index is 10.5. The number of nitrogens with one attached hydrogen (secondary N) is 1. The number of rotatable bonds is 3. The van der Waals surface area contributed by atoms with Crippen LogP contribution in [0, 0.1) is 0 Å². The fraction of sp³-hybridized carbons (Fsp3) is 0.333. The molecule has 4 heteroatoms. The second-order valence-electron chi connectivity index (χ2n) is 2.00. The molecule has 3 radical (unpaired) electrons. The van der Waals surface area contributed by atoms with Gasteiger partial charge in [0.05, 0.1) is 0 Å². The van der Waals surface area contributed by atoms with Crippen LogP contribution in [0.4, 0.5) is 0 Å². The van der Waals surface area contributed by atoms with Crippen LogP contribution in [0.1, 0.15) is 12.1 Å². The van der Waals surface area contributed by atoms with Gasteiger partial charge in [0, 0.05) is 0 Å². The average Bonchev–Trinajstić information content (AvgIpc) is 2.34. The van der Waals surface area contributed by atoms with Crippen LogP contribution in [-0.4, -0.2) is 36.3 Å². The Labute approximate surface area is 72.3 Å². The van der Waals surface area contributed by atoms with Gasteiger partial charge in [-0.1, -0.05) is 0 Å². The van der Waals surface area contributed by atoms with E-state index in [4.69, 9.17) is 0 Å². The molecule has 1 aromatic rings. The summed E-state index contributed by atoms with van der Waals surface area (Å²) in [5.41, 5.74) is 1.04. The Kier molecular flexibility index (Phi) is 2.92. The number of nitrogens with zero attached hydrogens (tertiary/aromatic N) is 1. The Balaban J connectivity index is 2.35. The van der Waals surface area contributed by atoms with Crippen molar-refractivity contribution in [1.82, 2.24) is 9.97 Å². The summed E-state index contributed by atoms with van der Waals surface area (Å²) >= 11 is 0.992. The number of carbonyl (C=O) groups excluding carboxylic acids is 1. The number of aryl methyl sites for hydroxylation is 1. The Morgan fingerprint density at radius 1 is 1.80 bits per heavy atom. The molecule has 0 atom stereocenters. The fourth-order valence-corrected chi connectivity index (χ4v) is 1.03. The third-order valence-corrected chi connectivity index (χ3v) is 1.89. The Morgan fingerprint density at radius 2 is 2.60 bits per heavy atom. The molecule has 1 aromatic heterocycles. The molecule has 0 fully saturated rings. The number of hydrogen-bond acceptors (Lipinski definition) is 2. The van der Waals surface area contributed by atoms with Gasteiger partial charge in [0.2, 0.25) is 0 Å². The summed E-state index contributed by atoms with van der Waals surface area (Å²) in [6.45, 7) is 0. The SMILES string of the molecule is O=[C]([Sn])CCc1cnc[nH]1. The quantitative estimate of drug-likeness (QED) is 0.760. The van der Waals surface area contributed by atoms with Crippen LogP contribution in [0.25, 0.3) is 0 Å². The molecule has 0 spiro atoms. The van der Waals surface area contributed by atoms with E-state index in [1.807, 2.05) is 0 Å². The molecule has 0 aliphatic rings. The van der Waals surface area contributed by atoms with Crippen LogP contribution in [0.2, 0.25) is 0 Å². The molecular weight excluding hydrogens is 235 g/mol. The summed E-state index contributed by atoms with van der Waals surface area (Å²) in [5.74, 6) is 0. The van der Waals surface area contributed by atoms with Crippen LogP contribution >= 0.6 is 0 Å². The molecular formula is C6H7N2OSn. The molecule has 3 nitrogen and oxygen atoms in total. The van der Waals surface area contributed by atoms with E-state index in [0.29, 0.717) is 10.2 Å². The first-order valence-corrected chi connectivity index (χ1v) is 4.43. The van der Waals surface area contributed by atoms with Crippen molar-refractivity contribution in [2.24, 2.45) is 0 Å². The molecule has 0 aromatic carbocycles. The van der Waals surface area contributed by atoms with Gasteiger partial charge in [-0.25, -0.2) is 0 Å². The van der Waals surface area contributed by atoms with E-state index in [1.54, 1.807) is 12.5 Å². The normalized spacial score (nSPS) is 9.70. The second-order valence-corrected chi connectivity index (χ2v) is 3.59. The molecule has 1 rings (SSSR count). The number of imidazole rings is 1. The molecule has 0 unspecified atom stereocenters. The minimum absolute atomic E-state index is 0.307. The zero-order valence-corrected chi connectivity index (χ0v) is 8.28. The average molecular weight is 242 g/mol. The Hall–Kier alpha value is -0.321. The van der Waals surface area contributed by atoms with Gasteiger partial charge in [0.15, 0.2) is 0 Å². The summed E-state index contributed by atoms with van der Waals surface area (Å²) in [4.78, 5) is 17.3. The summed E-state index contributed by atoms with van der Waals surface area (Å²) in [6, 6.07) is 0. The first-order valence-electron chi connectivity index (χ1n) is 3.00. The molecule has 1 heterocycles. The van der Waals surface area contributed by atoms with Crippen LogP contribution in [-0.2, 0) is 11.2 Å². The Morgan fingerprint density at radius 3 is 3.10 bits per heavy atom. The molecule has 51 valence electrons. The van der Waals surface area contributed by atoms with Gasteiger partial charge in [-0.05, 0) is 0 Å². The van der Waals surface area contributed by atoms with E-state index < -0.39 is 0 Å². The predicted octanol–water partition coefficient (Wildman–Crippen LogP) is 0.0374. The fourth-order valence-electron chi connectivity index (χ4n) is 0.670. The molecule has 10 heavy (non-hydrogen) atoms. The molecule has 0 bridgehead atoms. The molecule has 0 saturated heterocycles. The van der Waals surface area contributed by atoms with Gasteiger partial charge >= 0.3 is 72.1 Å². The predicted molar refractivity (Wildman–Crippen MR) is 37.7 cm³/mol. The zero-order chi connectivity index (χ0) is 7.40. The number of H-pyrrole nitrogens is 1. The molecule has 1 N–H and O–H groups in total. The van der Waals surface area contributed by atoms with Crippen molar-refractivity contribution in [1.29, 1.82) is 0 Å². The van der Waals surface area contributed by atoms with Crippen LogP contribution in [0.15, 0.2) is 12.5 Å². The third kappa shape index (κ3) is 2.51. The van der Waals surface area contributed by atoms with E-state index in [-0.39, 0.29) is 0 Å². The summed E-state index contributed by atoms with van der Waals surface area (Å²) in [5, 5.41) is 0. The molecule has 0 aliphatic heterocycles. The number of hydrogen-bond donors (Lipinski definition) is 1. The summed E-state index contributed by atoms with van der Waals surface area (Å²) in [6.07, 6.45) is 4.81. The molecule has 0 aliphatic carbocycles. The number of aromatic amines is 1. The van der Waals surface area contributed by atoms with Crippen molar-refractivity contribution < 1.29 is 4.79 Å². The second kappa shape index (κ2) is 3.75. The maximum atomic E-state index is 10.5. The summed E-state index contributed by atoms with van der Waals surface area (Å²) in [7, 11) is 0. The molecule has 0 amide bonds. The molecule has 0 saturated carbocycles. The third-order valence-electron chi connectivity index (χ3n) is 1.18. The van der Waals surface area contributed by atoms with Gasteiger partial charge in [-0.15, -0.1) is 0 Å². The van der Waals surface area contributed by atoms with E-state index in [9.17, 15) is 4.79 Å². The van der Waals surface area contributed by atoms with Crippen molar-refractivity contribution in [3.05, 3.63) is 18.2 Å². The van der Waals surface area contributed by atoms with Gasteiger partial charge < -0.3 is 0 Å².